The fourth-order valence-electron chi connectivity index (χ4n) is 3.56. The normalized spacial score (nSPS) is 27.0. The second kappa shape index (κ2) is 7.64. The fraction of sp³-hybridized carbons (Fsp3) is 0.632. The van der Waals surface area contributed by atoms with E-state index in [2.05, 4.69) is 35.2 Å². The van der Waals surface area contributed by atoms with E-state index in [0.717, 1.165) is 38.9 Å². The lowest BCUT2D eigenvalue weighted by atomic mass is 9.98. The molecule has 0 aromatic heterocycles. The zero-order chi connectivity index (χ0) is 17.0. The second-order valence-electron chi connectivity index (χ2n) is 7.18. The first-order valence-electron chi connectivity index (χ1n) is 8.78. The van der Waals surface area contributed by atoms with Crippen molar-refractivity contribution in [3.8, 4) is 0 Å². The Morgan fingerprint density at radius 2 is 2.17 bits per heavy atom. The summed E-state index contributed by atoms with van der Waals surface area (Å²) in [6.07, 6.45) is 3.08. The lowest BCUT2D eigenvalue weighted by molar-refractivity contribution is -0.135. The zero-order valence-electron chi connectivity index (χ0n) is 14.7. The molecule has 0 saturated carbocycles. The van der Waals surface area contributed by atoms with E-state index in [0.29, 0.717) is 6.61 Å². The van der Waals surface area contributed by atoms with Gasteiger partial charge >= 0.3 is 0 Å². The van der Waals surface area contributed by atoms with E-state index in [1.165, 1.54) is 5.56 Å². The summed E-state index contributed by atoms with van der Waals surface area (Å²) >= 11 is 0. The summed E-state index contributed by atoms with van der Waals surface area (Å²) in [4.78, 5) is 15.7. The number of hydrogen-bond donors (Lipinski definition) is 0. The highest BCUT2D eigenvalue weighted by molar-refractivity contribution is 5.76. The van der Waals surface area contributed by atoms with Crippen molar-refractivity contribution in [3.05, 3.63) is 35.9 Å². The van der Waals surface area contributed by atoms with Gasteiger partial charge in [-0.25, -0.2) is 0 Å². The Labute approximate surface area is 144 Å². The maximum atomic E-state index is 11.6. The molecule has 1 aromatic carbocycles. The Hall–Kier alpha value is -1.43. The van der Waals surface area contributed by atoms with Crippen molar-refractivity contribution in [1.29, 1.82) is 0 Å². The van der Waals surface area contributed by atoms with E-state index in [-0.39, 0.29) is 24.2 Å². The number of carbonyl (C=O) groups excluding carboxylic acids is 1. The largest absolute Gasteiger partial charge is 0.371 e. The van der Waals surface area contributed by atoms with E-state index >= 15 is 0 Å². The van der Waals surface area contributed by atoms with Crippen molar-refractivity contribution in [2.75, 3.05) is 46.9 Å². The van der Waals surface area contributed by atoms with Crippen LogP contribution in [0.1, 0.15) is 18.4 Å². The molecule has 5 nitrogen and oxygen atoms in total. The van der Waals surface area contributed by atoms with Crippen molar-refractivity contribution < 1.29 is 14.3 Å². The molecule has 2 aliphatic heterocycles. The van der Waals surface area contributed by atoms with Crippen molar-refractivity contribution in [2.24, 2.45) is 0 Å². The van der Waals surface area contributed by atoms with Gasteiger partial charge in [0.15, 0.2) is 0 Å². The van der Waals surface area contributed by atoms with E-state index < -0.39 is 0 Å². The molecule has 132 valence electrons. The molecule has 0 bridgehead atoms. The molecule has 0 radical (unpaired) electrons. The molecule has 2 saturated heterocycles. The van der Waals surface area contributed by atoms with Crippen molar-refractivity contribution >= 4 is 5.91 Å². The average molecular weight is 332 g/mol. The van der Waals surface area contributed by atoms with Crippen LogP contribution in [0, 0.1) is 0 Å². The maximum absolute atomic E-state index is 11.6. The third kappa shape index (κ3) is 4.35. The molecular formula is C19H28N2O3. The van der Waals surface area contributed by atoms with Crippen LogP contribution >= 0.6 is 0 Å². The van der Waals surface area contributed by atoms with Crippen LogP contribution in [0.2, 0.25) is 0 Å². The number of carbonyl (C=O) groups is 1. The average Bonchev–Trinajstić information content (AvgIpc) is 3.18. The van der Waals surface area contributed by atoms with Gasteiger partial charge in [-0.1, -0.05) is 30.3 Å². The van der Waals surface area contributed by atoms with E-state index in [1.54, 1.807) is 19.0 Å². The molecule has 0 N–H and O–H groups in total. The predicted octanol–water partition coefficient (Wildman–Crippen LogP) is 1.57. The van der Waals surface area contributed by atoms with Crippen LogP contribution in [0.3, 0.4) is 0 Å². The first-order valence-corrected chi connectivity index (χ1v) is 8.78. The topological polar surface area (TPSA) is 42.0 Å². The molecule has 0 aliphatic carbocycles. The second-order valence-corrected chi connectivity index (χ2v) is 7.18. The van der Waals surface area contributed by atoms with E-state index in [1.807, 2.05) is 0 Å². The van der Waals surface area contributed by atoms with Crippen molar-refractivity contribution in [2.45, 2.75) is 31.0 Å². The minimum absolute atomic E-state index is 0.00635. The Kier molecular flexibility index (Phi) is 5.54. The minimum Gasteiger partial charge on any atom is -0.371 e. The molecule has 2 heterocycles. The van der Waals surface area contributed by atoms with Crippen LogP contribution in [0.15, 0.2) is 30.3 Å². The molecule has 2 atom stereocenters. The predicted molar refractivity (Wildman–Crippen MR) is 92.9 cm³/mol. The molecule has 1 amide bonds. The van der Waals surface area contributed by atoms with Gasteiger partial charge in [-0.15, -0.1) is 0 Å². The molecule has 1 aromatic rings. The molecule has 5 heteroatoms. The number of nitrogens with zero attached hydrogens (tertiary/aromatic N) is 2. The Balaban J connectivity index is 1.42. The summed E-state index contributed by atoms with van der Waals surface area (Å²) in [5, 5.41) is 0. The van der Waals surface area contributed by atoms with Crippen molar-refractivity contribution in [1.82, 2.24) is 9.80 Å². The van der Waals surface area contributed by atoms with Crippen molar-refractivity contribution in [3.63, 3.8) is 0 Å². The summed E-state index contributed by atoms with van der Waals surface area (Å²) in [5.74, 6) is 0.00635. The van der Waals surface area contributed by atoms with Gasteiger partial charge in [-0.2, -0.15) is 0 Å². The number of likely N-dealkylation sites (tertiary alicyclic amines) is 1. The van der Waals surface area contributed by atoms with E-state index in [9.17, 15) is 4.79 Å². The van der Waals surface area contributed by atoms with Gasteiger partial charge in [0.2, 0.25) is 5.91 Å². The summed E-state index contributed by atoms with van der Waals surface area (Å²) < 4.78 is 11.8. The standard InChI is InChI=1S/C19H28N2O3/c1-20(2)18(22)14-23-17-12-19(24-13-17)9-11-21(15-19)10-8-16-6-4-3-5-7-16/h3-7,17H,8-15H2,1-2H3. The number of benzene rings is 1. The highest BCUT2D eigenvalue weighted by Crippen LogP contribution is 2.36. The molecule has 24 heavy (non-hydrogen) atoms. The number of likely N-dealkylation sites (N-methyl/N-ethyl adjacent to an activating group) is 1. The Morgan fingerprint density at radius 1 is 1.38 bits per heavy atom. The Bertz CT molecular complexity index is 549. The molecule has 2 unspecified atom stereocenters. The van der Waals surface area contributed by atoms with Crippen LogP contribution < -0.4 is 0 Å². The van der Waals surface area contributed by atoms with Gasteiger partial charge in [-0.3, -0.25) is 4.79 Å². The smallest absolute Gasteiger partial charge is 0.248 e. The SMILES string of the molecule is CN(C)C(=O)COC1COC2(CCN(CCc3ccccc3)C2)C1. The van der Waals surface area contributed by atoms with Gasteiger partial charge in [0, 0.05) is 40.2 Å². The molecule has 1 spiro atoms. The first-order chi connectivity index (χ1) is 11.6. The third-order valence-electron chi connectivity index (χ3n) is 5.07. The summed E-state index contributed by atoms with van der Waals surface area (Å²) in [6, 6.07) is 10.6. The van der Waals surface area contributed by atoms with Crippen LogP contribution in [0.5, 0.6) is 0 Å². The highest BCUT2D eigenvalue weighted by Gasteiger charge is 2.45. The Morgan fingerprint density at radius 3 is 2.92 bits per heavy atom. The number of amides is 1. The highest BCUT2D eigenvalue weighted by atomic mass is 16.6. The summed E-state index contributed by atoms with van der Waals surface area (Å²) in [7, 11) is 3.50. The van der Waals surface area contributed by atoms with E-state index in [4.69, 9.17) is 9.47 Å². The van der Waals surface area contributed by atoms with Crippen LogP contribution in [0.4, 0.5) is 0 Å². The minimum atomic E-state index is -0.0669. The van der Waals surface area contributed by atoms with Crippen LogP contribution in [-0.4, -0.2) is 74.4 Å². The first kappa shape index (κ1) is 17.4. The lowest BCUT2D eigenvalue weighted by Gasteiger charge is -2.23. The van der Waals surface area contributed by atoms with Gasteiger partial charge in [0.05, 0.1) is 18.3 Å². The van der Waals surface area contributed by atoms with Crippen LogP contribution in [0.25, 0.3) is 0 Å². The number of ether oxygens (including phenoxy) is 2. The molecule has 2 aliphatic rings. The lowest BCUT2D eigenvalue weighted by Crippen LogP contribution is -2.34. The molecular weight excluding hydrogens is 304 g/mol. The maximum Gasteiger partial charge on any atom is 0.248 e. The number of rotatable bonds is 6. The quantitative estimate of drug-likeness (QED) is 0.793. The summed E-state index contributed by atoms with van der Waals surface area (Å²) in [6.45, 7) is 3.87. The van der Waals surface area contributed by atoms with Gasteiger partial charge in [0.25, 0.3) is 0 Å². The van der Waals surface area contributed by atoms with Gasteiger partial charge in [-0.05, 0) is 18.4 Å². The monoisotopic (exact) mass is 332 g/mol. The third-order valence-corrected chi connectivity index (χ3v) is 5.07. The van der Waals surface area contributed by atoms with Gasteiger partial charge in [0.1, 0.15) is 6.61 Å². The molecule has 3 rings (SSSR count). The number of hydrogen-bond acceptors (Lipinski definition) is 4. The molecule has 2 fully saturated rings. The van der Waals surface area contributed by atoms with Gasteiger partial charge < -0.3 is 19.3 Å². The van der Waals surface area contributed by atoms with Crippen LogP contribution in [-0.2, 0) is 20.7 Å². The summed E-state index contributed by atoms with van der Waals surface area (Å²) in [5.41, 5.74) is 1.32. The fourth-order valence-corrected chi connectivity index (χ4v) is 3.56. The zero-order valence-corrected chi connectivity index (χ0v) is 14.7.